The van der Waals surface area contributed by atoms with E-state index in [2.05, 4.69) is 0 Å². The van der Waals surface area contributed by atoms with E-state index >= 15 is 0 Å². The van der Waals surface area contributed by atoms with E-state index in [0.717, 1.165) is 11.0 Å². The molecule has 0 amide bonds. The van der Waals surface area contributed by atoms with Gasteiger partial charge in [-0.2, -0.15) is 11.8 Å². The number of thioether (sulfide) groups is 1. The number of hydrogen-bond donors (Lipinski definition) is 1. The fourth-order valence-corrected chi connectivity index (χ4v) is 3.66. The van der Waals surface area contributed by atoms with E-state index in [1.165, 1.54) is 38.2 Å². The predicted molar refractivity (Wildman–Crippen MR) is 72.7 cm³/mol. The first-order chi connectivity index (χ1) is 8.27. The van der Waals surface area contributed by atoms with E-state index in [-0.39, 0.29) is 11.9 Å². The zero-order chi connectivity index (χ0) is 12.1. The van der Waals surface area contributed by atoms with Gasteiger partial charge >= 0.3 is 0 Å². The van der Waals surface area contributed by atoms with Crippen LogP contribution in [0.1, 0.15) is 43.7 Å². The molecule has 0 aromatic heterocycles. The van der Waals surface area contributed by atoms with Gasteiger partial charge < -0.3 is 5.73 Å². The lowest BCUT2D eigenvalue weighted by Gasteiger charge is -2.22. The van der Waals surface area contributed by atoms with Crippen molar-refractivity contribution in [3.8, 4) is 0 Å². The van der Waals surface area contributed by atoms with Crippen LogP contribution in [0.3, 0.4) is 0 Å². The fraction of sp³-hybridized carbons (Fsp3) is 0.571. The third-order valence-corrected chi connectivity index (χ3v) is 4.86. The molecule has 0 radical (unpaired) electrons. The molecule has 0 aliphatic heterocycles. The lowest BCUT2D eigenvalue weighted by Crippen LogP contribution is -2.18. The Labute approximate surface area is 107 Å². The third kappa shape index (κ3) is 3.71. The molecule has 1 aromatic carbocycles. The van der Waals surface area contributed by atoms with E-state index < -0.39 is 0 Å². The zero-order valence-electron chi connectivity index (χ0n) is 10.1. The van der Waals surface area contributed by atoms with Gasteiger partial charge in [-0.25, -0.2) is 4.39 Å². The summed E-state index contributed by atoms with van der Waals surface area (Å²) in [5.74, 6) is 0.648. The highest BCUT2D eigenvalue weighted by Crippen LogP contribution is 2.30. The molecule has 17 heavy (non-hydrogen) atoms. The molecule has 1 fully saturated rings. The molecule has 2 rings (SSSR count). The van der Waals surface area contributed by atoms with Gasteiger partial charge in [0.2, 0.25) is 0 Å². The zero-order valence-corrected chi connectivity index (χ0v) is 10.9. The van der Waals surface area contributed by atoms with Crippen molar-refractivity contribution in [2.45, 2.75) is 43.4 Å². The number of halogens is 1. The van der Waals surface area contributed by atoms with Crippen LogP contribution in [0.4, 0.5) is 4.39 Å². The molecule has 1 unspecified atom stereocenters. The molecule has 1 aliphatic rings. The molecule has 1 aliphatic carbocycles. The molecule has 0 spiro atoms. The number of hydrogen-bond acceptors (Lipinski definition) is 2. The summed E-state index contributed by atoms with van der Waals surface area (Å²) in [6.45, 7) is 0. The van der Waals surface area contributed by atoms with Gasteiger partial charge in [-0.1, -0.05) is 37.5 Å². The van der Waals surface area contributed by atoms with Crippen LogP contribution in [-0.4, -0.2) is 11.0 Å². The van der Waals surface area contributed by atoms with Crippen LogP contribution in [0.25, 0.3) is 0 Å². The van der Waals surface area contributed by atoms with E-state index in [4.69, 9.17) is 5.73 Å². The lowest BCUT2D eigenvalue weighted by atomic mass is 10.0. The summed E-state index contributed by atoms with van der Waals surface area (Å²) in [7, 11) is 0. The summed E-state index contributed by atoms with van der Waals surface area (Å²) >= 11 is 1.92. The normalized spacial score (nSPS) is 19.2. The molecule has 1 saturated carbocycles. The average Bonchev–Trinajstić information content (AvgIpc) is 2.38. The highest BCUT2D eigenvalue weighted by molar-refractivity contribution is 7.99. The molecular formula is C14H20FNS. The Morgan fingerprint density at radius 1 is 1.24 bits per heavy atom. The molecular weight excluding hydrogens is 233 g/mol. The fourth-order valence-electron chi connectivity index (χ4n) is 2.34. The van der Waals surface area contributed by atoms with Crippen molar-refractivity contribution < 1.29 is 4.39 Å². The molecule has 0 saturated heterocycles. The maximum absolute atomic E-state index is 13.5. The van der Waals surface area contributed by atoms with Crippen LogP contribution in [-0.2, 0) is 0 Å². The van der Waals surface area contributed by atoms with Gasteiger partial charge in [0, 0.05) is 22.6 Å². The molecule has 3 heteroatoms. The smallest absolute Gasteiger partial charge is 0.128 e. The van der Waals surface area contributed by atoms with Crippen molar-refractivity contribution in [3.63, 3.8) is 0 Å². The summed E-state index contributed by atoms with van der Waals surface area (Å²) in [5, 5.41) is 0.738. The predicted octanol–water partition coefficient (Wildman–Crippen LogP) is 3.89. The molecule has 94 valence electrons. The Morgan fingerprint density at radius 2 is 1.94 bits per heavy atom. The maximum atomic E-state index is 13.5. The molecule has 2 N–H and O–H groups in total. The second-order valence-corrected chi connectivity index (χ2v) is 6.05. The molecule has 0 heterocycles. The first-order valence-electron chi connectivity index (χ1n) is 6.39. The maximum Gasteiger partial charge on any atom is 0.128 e. The van der Waals surface area contributed by atoms with Crippen molar-refractivity contribution in [1.29, 1.82) is 0 Å². The van der Waals surface area contributed by atoms with Crippen molar-refractivity contribution >= 4 is 11.8 Å². The minimum absolute atomic E-state index is 0.177. The lowest BCUT2D eigenvalue weighted by molar-refractivity contribution is 0.515. The van der Waals surface area contributed by atoms with Crippen LogP contribution in [0.2, 0.25) is 0 Å². The van der Waals surface area contributed by atoms with Crippen molar-refractivity contribution in [2.75, 3.05) is 5.75 Å². The summed E-state index contributed by atoms with van der Waals surface area (Å²) < 4.78 is 13.5. The second kappa shape index (κ2) is 6.41. The van der Waals surface area contributed by atoms with Gasteiger partial charge in [0.05, 0.1) is 0 Å². The van der Waals surface area contributed by atoms with Gasteiger partial charge in [0.1, 0.15) is 5.82 Å². The average molecular weight is 253 g/mol. The highest BCUT2D eigenvalue weighted by atomic mass is 32.2. The number of rotatable bonds is 4. The van der Waals surface area contributed by atoms with E-state index in [9.17, 15) is 4.39 Å². The van der Waals surface area contributed by atoms with E-state index in [1.54, 1.807) is 12.1 Å². The third-order valence-electron chi connectivity index (χ3n) is 3.37. The molecule has 1 nitrogen and oxygen atoms in total. The topological polar surface area (TPSA) is 26.0 Å². The molecule has 1 atom stereocenters. The summed E-state index contributed by atoms with van der Waals surface area (Å²) in [6.07, 6.45) is 6.65. The van der Waals surface area contributed by atoms with Gasteiger partial charge in [-0.3, -0.25) is 0 Å². The minimum Gasteiger partial charge on any atom is -0.323 e. The summed E-state index contributed by atoms with van der Waals surface area (Å²) in [5.41, 5.74) is 6.70. The van der Waals surface area contributed by atoms with Gasteiger partial charge in [-0.05, 0) is 18.9 Å². The summed E-state index contributed by atoms with van der Waals surface area (Å²) in [6, 6.07) is 6.66. The number of nitrogens with two attached hydrogens (primary N) is 1. The van der Waals surface area contributed by atoms with E-state index in [1.807, 2.05) is 17.8 Å². The first-order valence-corrected chi connectivity index (χ1v) is 7.44. The monoisotopic (exact) mass is 253 g/mol. The standard InChI is InChI=1S/C14H20FNS/c15-13-9-5-4-8-12(13)14(16)10-17-11-6-2-1-3-7-11/h4-5,8-9,11,14H,1-3,6-7,10,16H2. The van der Waals surface area contributed by atoms with Crippen LogP contribution in [0.15, 0.2) is 24.3 Å². The van der Waals surface area contributed by atoms with Crippen LogP contribution in [0, 0.1) is 5.82 Å². The largest absolute Gasteiger partial charge is 0.323 e. The Hall–Kier alpha value is -0.540. The van der Waals surface area contributed by atoms with Crippen molar-refractivity contribution in [3.05, 3.63) is 35.6 Å². The SMILES string of the molecule is NC(CSC1CCCCC1)c1ccccc1F. The molecule has 0 bridgehead atoms. The highest BCUT2D eigenvalue weighted by Gasteiger charge is 2.17. The Balaban J connectivity index is 1.84. The Kier molecular flexibility index (Phi) is 4.86. The Bertz CT molecular complexity index is 350. The van der Waals surface area contributed by atoms with Crippen LogP contribution in [0.5, 0.6) is 0 Å². The molecule has 1 aromatic rings. The van der Waals surface area contributed by atoms with Crippen LogP contribution >= 0.6 is 11.8 Å². The second-order valence-electron chi connectivity index (χ2n) is 4.72. The minimum atomic E-state index is -0.178. The van der Waals surface area contributed by atoms with Crippen molar-refractivity contribution in [2.24, 2.45) is 5.73 Å². The van der Waals surface area contributed by atoms with Gasteiger partial charge in [0.25, 0.3) is 0 Å². The van der Waals surface area contributed by atoms with Gasteiger partial charge in [0.15, 0.2) is 0 Å². The van der Waals surface area contributed by atoms with E-state index in [0.29, 0.717) is 5.56 Å². The first kappa shape index (κ1) is 12.9. The summed E-state index contributed by atoms with van der Waals surface area (Å²) in [4.78, 5) is 0. The van der Waals surface area contributed by atoms with Crippen LogP contribution < -0.4 is 5.73 Å². The van der Waals surface area contributed by atoms with Gasteiger partial charge in [-0.15, -0.1) is 0 Å². The Morgan fingerprint density at radius 3 is 2.65 bits per heavy atom. The quantitative estimate of drug-likeness (QED) is 0.881. The van der Waals surface area contributed by atoms with Crippen molar-refractivity contribution in [1.82, 2.24) is 0 Å². The number of benzene rings is 1.